The third-order valence-electron chi connectivity index (χ3n) is 3.49. The van der Waals surface area contributed by atoms with Gasteiger partial charge in [0.1, 0.15) is 11.6 Å². The van der Waals surface area contributed by atoms with Crippen molar-refractivity contribution < 1.29 is 9.13 Å². The highest BCUT2D eigenvalue weighted by molar-refractivity contribution is 6.31. The molecule has 2 N–H and O–H groups in total. The summed E-state index contributed by atoms with van der Waals surface area (Å²) in [7, 11) is 3.49. The van der Waals surface area contributed by atoms with Crippen molar-refractivity contribution in [3.05, 3.63) is 58.9 Å². The van der Waals surface area contributed by atoms with Gasteiger partial charge in [0.05, 0.1) is 13.2 Å². The first-order valence-corrected chi connectivity index (χ1v) is 6.97. The Bertz CT molecular complexity index is 604. The smallest absolute Gasteiger partial charge is 0.125 e. The molecule has 0 amide bonds. The number of anilines is 1. The second kappa shape index (κ2) is 6.78. The molecule has 0 aliphatic heterocycles. The van der Waals surface area contributed by atoms with Gasteiger partial charge in [-0.15, -0.1) is 0 Å². The predicted molar refractivity (Wildman–Crippen MR) is 84.6 cm³/mol. The number of nitrogens with zero attached hydrogens (tertiary/aromatic N) is 1. The fourth-order valence-electron chi connectivity index (χ4n) is 2.34. The molecule has 2 aromatic carbocycles. The number of hydrogen-bond acceptors (Lipinski definition) is 3. The Labute approximate surface area is 129 Å². The van der Waals surface area contributed by atoms with E-state index >= 15 is 0 Å². The highest BCUT2D eigenvalue weighted by Gasteiger charge is 2.22. The lowest BCUT2D eigenvalue weighted by molar-refractivity contribution is 0.405. The van der Waals surface area contributed by atoms with Gasteiger partial charge < -0.3 is 15.4 Å². The molecule has 0 saturated carbocycles. The van der Waals surface area contributed by atoms with Crippen molar-refractivity contribution in [2.24, 2.45) is 5.73 Å². The zero-order valence-corrected chi connectivity index (χ0v) is 12.8. The highest BCUT2D eigenvalue weighted by Crippen LogP contribution is 2.36. The third kappa shape index (κ3) is 3.28. The van der Waals surface area contributed by atoms with Crippen molar-refractivity contribution in [2.75, 3.05) is 25.6 Å². The second-order valence-corrected chi connectivity index (χ2v) is 5.10. The minimum Gasteiger partial charge on any atom is -0.496 e. The number of ether oxygens (including phenoxy) is 1. The van der Waals surface area contributed by atoms with E-state index in [1.54, 1.807) is 25.3 Å². The molecule has 3 nitrogen and oxygen atoms in total. The zero-order chi connectivity index (χ0) is 15.4. The van der Waals surface area contributed by atoms with Crippen molar-refractivity contribution in [3.8, 4) is 5.75 Å². The molecule has 0 fully saturated rings. The first-order chi connectivity index (χ1) is 10.1. The van der Waals surface area contributed by atoms with Crippen LogP contribution >= 0.6 is 11.6 Å². The van der Waals surface area contributed by atoms with E-state index < -0.39 is 0 Å². The summed E-state index contributed by atoms with van der Waals surface area (Å²) in [5.74, 6) is 0.415. The van der Waals surface area contributed by atoms with E-state index in [2.05, 4.69) is 0 Å². The molecular formula is C16H18ClFN2O. The van der Waals surface area contributed by atoms with Gasteiger partial charge in [-0.2, -0.15) is 0 Å². The van der Waals surface area contributed by atoms with Crippen LogP contribution in [0.2, 0.25) is 5.02 Å². The molecule has 0 heterocycles. The maximum Gasteiger partial charge on any atom is 0.125 e. The van der Waals surface area contributed by atoms with E-state index in [1.165, 1.54) is 12.1 Å². The lowest BCUT2D eigenvalue weighted by Crippen LogP contribution is -2.31. The maximum absolute atomic E-state index is 13.1. The van der Waals surface area contributed by atoms with Crippen molar-refractivity contribution >= 4 is 17.3 Å². The van der Waals surface area contributed by atoms with Gasteiger partial charge in [0, 0.05) is 29.9 Å². The SMILES string of the molecule is COc1cccc(Cl)c1C(CN)N(C)c1ccc(F)cc1. The van der Waals surface area contributed by atoms with Crippen LogP contribution in [-0.4, -0.2) is 20.7 Å². The summed E-state index contributed by atoms with van der Waals surface area (Å²) in [6.07, 6.45) is 0. The Morgan fingerprint density at radius 2 is 1.90 bits per heavy atom. The van der Waals surface area contributed by atoms with E-state index in [4.69, 9.17) is 22.1 Å². The number of rotatable bonds is 5. The number of hydrogen-bond donors (Lipinski definition) is 1. The van der Waals surface area contributed by atoms with E-state index in [9.17, 15) is 4.39 Å². The Hall–Kier alpha value is -1.78. The van der Waals surface area contributed by atoms with Crippen LogP contribution in [0.5, 0.6) is 5.75 Å². The topological polar surface area (TPSA) is 38.5 Å². The summed E-state index contributed by atoms with van der Waals surface area (Å²) >= 11 is 6.32. The molecule has 0 spiro atoms. The predicted octanol–water partition coefficient (Wildman–Crippen LogP) is 3.62. The van der Waals surface area contributed by atoms with Crippen molar-refractivity contribution in [3.63, 3.8) is 0 Å². The van der Waals surface area contributed by atoms with Gasteiger partial charge >= 0.3 is 0 Å². The Kier molecular flexibility index (Phi) is 5.04. The van der Waals surface area contributed by atoms with Crippen LogP contribution < -0.4 is 15.4 Å². The minimum atomic E-state index is -0.272. The van der Waals surface area contributed by atoms with E-state index in [-0.39, 0.29) is 11.9 Å². The summed E-state index contributed by atoms with van der Waals surface area (Å²) in [5.41, 5.74) is 7.62. The van der Waals surface area contributed by atoms with Crippen LogP contribution in [0.1, 0.15) is 11.6 Å². The average Bonchev–Trinajstić information content (AvgIpc) is 2.50. The normalized spacial score (nSPS) is 12.0. The van der Waals surface area contributed by atoms with Crippen LogP contribution in [0.25, 0.3) is 0 Å². The minimum absolute atomic E-state index is 0.167. The molecule has 0 radical (unpaired) electrons. The summed E-state index contributed by atoms with van der Waals surface area (Å²) < 4.78 is 18.4. The van der Waals surface area contributed by atoms with Gasteiger partial charge in [0.25, 0.3) is 0 Å². The summed E-state index contributed by atoms with van der Waals surface area (Å²) in [6.45, 7) is 0.355. The molecule has 0 aliphatic rings. The third-order valence-corrected chi connectivity index (χ3v) is 3.82. The molecule has 1 atom stereocenters. The fourth-order valence-corrected chi connectivity index (χ4v) is 2.64. The average molecular weight is 309 g/mol. The second-order valence-electron chi connectivity index (χ2n) is 4.69. The molecule has 1 unspecified atom stereocenters. The Morgan fingerprint density at radius 3 is 2.48 bits per heavy atom. The molecule has 0 bridgehead atoms. The number of methoxy groups -OCH3 is 1. The monoisotopic (exact) mass is 308 g/mol. The van der Waals surface area contributed by atoms with Crippen LogP contribution in [0.3, 0.4) is 0 Å². The zero-order valence-electron chi connectivity index (χ0n) is 12.0. The summed E-state index contributed by atoms with van der Waals surface area (Å²) in [5, 5.41) is 0.596. The molecule has 2 rings (SSSR count). The van der Waals surface area contributed by atoms with Crippen molar-refractivity contribution in [2.45, 2.75) is 6.04 Å². The van der Waals surface area contributed by atoms with Gasteiger partial charge in [-0.05, 0) is 36.4 Å². The number of halogens is 2. The lowest BCUT2D eigenvalue weighted by atomic mass is 10.0. The van der Waals surface area contributed by atoms with Gasteiger partial charge in [-0.3, -0.25) is 0 Å². The van der Waals surface area contributed by atoms with E-state index in [0.29, 0.717) is 17.3 Å². The molecule has 5 heteroatoms. The van der Waals surface area contributed by atoms with Crippen molar-refractivity contribution in [1.29, 1.82) is 0 Å². The summed E-state index contributed by atoms with van der Waals surface area (Å²) in [6, 6.07) is 11.6. The Balaban J connectivity index is 2.42. The first kappa shape index (κ1) is 15.6. The van der Waals surface area contributed by atoms with Gasteiger partial charge in [0.15, 0.2) is 0 Å². The fraction of sp³-hybridized carbons (Fsp3) is 0.250. The summed E-state index contributed by atoms with van der Waals surface area (Å²) in [4.78, 5) is 1.96. The quantitative estimate of drug-likeness (QED) is 0.917. The molecule has 0 saturated heterocycles. The number of benzene rings is 2. The van der Waals surface area contributed by atoms with Gasteiger partial charge in [-0.1, -0.05) is 17.7 Å². The molecule has 112 valence electrons. The van der Waals surface area contributed by atoms with Crippen LogP contribution in [-0.2, 0) is 0 Å². The lowest BCUT2D eigenvalue weighted by Gasteiger charge is -2.31. The number of nitrogens with two attached hydrogens (primary N) is 1. The molecule has 21 heavy (non-hydrogen) atoms. The highest BCUT2D eigenvalue weighted by atomic mass is 35.5. The molecule has 0 aliphatic carbocycles. The van der Waals surface area contributed by atoms with Gasteiger partial charge in [0.2, 0.25) is 0 Å². The van der Waals surface area contributed by atoms with Crippen LogP contribution in [0.15, 0.2) is 42.5 Å². The van der Waals surface area contributed by atoms with Crippen LogP contribution in [0.4, 0.5) is 10.1 Å². The van der Waals surface area contributed by atoms with E-state index in [1.807, 2.05) is 24.1 Å². The molecular weight excluding hydrogens is 291 g/mol. The largest absolute Gasteiger partial charge is 0.496 e. The first-order valence-electron chi connectivity index (χ1n) is 6.59. The molecule has 2 aromatic rings. The van der Waals surface area contributed by atoms with Crippen molar-refractivity contribution in [1.82, 2.24) is 0 Å². The number of likely N-dealkylation sites (N-methyl/N-ethyl adjacent to an activating group) is 1. The maximum atomic E-state index is 13.1. The Morgan fingerprint density at radius 1 is 1.24 bits per heavy atom. The molecule has 0 aromatic heterocycles. The van der Waals surface area contributed by atoms with Gasteiger partial charge in [-0.25, -0.2) is 4.39 Å². The van der Waals surface area contributed by atoms with Crippen LogP contribution in [0, 0.1) is 5.82 Å². The van der Waals surface area contributed by atoms with E-state index in [0.717, 1.165) is 11.3 Å². The standard InChI is InChI=1S/C16H18ClFN2O/c1-20(12-8-6-11(18)7-9-12)14(10-19)16-13(17)4-3-5-15(16)21-2/h3-9,14H,10,19H2,1-2H3.